The predicted molar refractivity (Wildman–Crippen MR) is 67.9 cm³/mol. The third kappa shape index (κ3) is 2.46. The van der Waals surface area contributed by atoms with Crippen LogP contribution in [0.4, 0.5) is 0 Å². The maximum atomic E-state index is 5.51. The van der Waals surface area contributed by atoms with Gasteiger partial charge < -0.3 is 5.73 Å². The van der Waals surface area contributed by atoms with E-state index in [1.165, 1.54) is 0 Å². The first-order chi connectivity index (χ1) is 7.81. The van der Waals surface area contributed by atoms with E-state index in [1.54, 1.807) is 6.20 Å². The van der Waals surface area contributed by atoms with Gasteiger partial charge in [-0.2, -0.15) is 0 Å². The highest BCUT2D eigenvalue weighted by molar-refractivity contribution is 9.10. The van der Waals surface area contributed by atoms with Crippen molar-refractivity contribution in [1.29, 1.82) is 0 Å². The molecule has 0 radical (unpaired) electrons. The van der Waals surface area contributed by atoms with Gasteiger partial charge in [0.1, 0.15) is 0 Å². The Morgan fingerprint density at radius 1 is 1.19 bits per heavy atom. The fourth-order valence-electron chi connectivity index (χ4n) is 1.46. The molecule has 1 aromatic heterocycles. The van der Waals surface area contributed by atoms with Gasteiger partial charge in [0.05, 0.1) is 0 Å². The Labute approximate surface area is 103 Å². The van der Waals surface area contributed by atoms with Crippen LogP contribution in [-0.2, 0) is 6.42 Å². The van der Waals surface area contributed by atoms with Crippen LogP contribution < -0.4 is 5.73 Å². The Hall–Kier alpha value is -1.26. The Bertz CT molecular complexity index is 485. The lowest BCUT2D eigenvalue weighted by Gasteiger charge is -2.04. The van der Waals surface area contributed by atoms with E-state index < -0.39 is 0 Å². The van der Waals surface area contributed by atoms with Crippen LogP contribution in [0.2, 0.25) is 0 Å². The molecule has 0 aliphatic carbocycles. The highest BCUT2D eigenvalue weighted by Crippen LogP contribution is 2.24. The second kappa shape index (κ2) is 5.18. The summed E-state index contributed by atoms with van der Waals surface area (Å²) in [5.74, 6) is 0.735. The normalized spacial score (nSPS) is 10.4. The van der Waals surface area contributed by atoms with Crippen molar-refractivity contribution < 1.29 is 0 Å². The van der Waals surface area contributed by atoms with E-state index in [0.29, 0.717) is 6.54 Å². The van der Waals surface area contributed by atoms with Crippen LogP contribution in [0.15, 0.2) is 41.0 Å². The van der Waals surface area contributed by atoms with Crippen LogP contribution in [0.1, 0.15) is 5.69 Å². The zero-order valence-electron chi connectivity index (χ0n) is 8.73. The van der Waals surface area contributed by atoms with Gasteiger partial charge in [0.2, 0.25) is 0 Å². The monoisotopic (exact) mass is 277 g/mol. The molecule has 0 fully saturated rings. The number of hydrogen-bond donors (Lipinski definition) is 1. The Morgan fingerprint density at radius 2 is 2.00 bits per heavy atom. The van der Waals surface area contributed by atoms with Crippen LogP contribution in [0.5, 0.6) is 0 Å². The molecule has 0 amide bonds. The minimum atomic E-state index is 0.604. The van der Waals surface area contributed by atoms with Gasteiger partial charge in [0.25, 0.3) is 0 Å². The summed E-state index contributed by atoms with van der Waals surface area (Å²) in [4.78, 5) is 8.74. The van der Waals surface area contributed by atoms with Crippen LogP contribution in [-0.4, -0.2) is 16.5 Å². The third-order valence-electron chi connectivity index (χ3n) is 2.23. The average molecular weight is 278 g/mol. The van der Waals surface area contributed by atoms with Crippen molar-refractivity contribution in [3.05, 3.63) is 46.7 Å². The molecule has 0 unspecified atom stereocenters. The SMILES string of the molecule is NCCc1ccnc(-c2ccccc2Br)n1. The summed E-state index contributed by atoms with van der Waals surface area (Å²) in [6, 6.07) is 9.81. The molecule has 2 N–H and O–H groups in total. The molecule has 1 aromatic carbocycles. The van der Waals surface area contributed by atoms with E-state index >= 15 is 0 Å². The molecule has 82 valence electrons. The zero-order chi connectivity index (χ0) is 11.4. The summed E-state index contributed by atoms with van der Waals surface area (Å²) in [5, 5.41) is 0. The minimum absolute atomic E-state index is 0.604. The molecule has 3 nitrogen and oxygen atoms in total. The van der Waals surface area contributed by atoms with E-state index in [9.17, 15) is 0 Å². The smallest absolute Gasteiger partial charge is 0.160 e. The fourth-order valence-corrected chi connectivity index (χ4v) is 1.92. The summed E-state index contributed by atoms with van der Waals surface area (Å²) in [6.45, 7) is 0.604. The van der Waals surface area contributed by atoms with Crippen molar-refractivity contribution in [3.8, 4) is 11.4 Å². The molecule has 4 heteroatoms. The quantitative estimate of drug-likeness (QED) is 0.938. The van der Waals surface area contributed by atoms with Gasteiger partial charge in [-0.15, -0.1) is 0 Å². The average Bonchev–Trinajstić information content (AvgIpc) is 2.30. The van der Waals surface area contributed by atoms with Crippen LogP contribution in [0.25, 0.3) is 11.4 Å². The Kier molecular flexibility index (Phi) is 3.64. The van der Waals surface area contributed by atoms with Crippen LogP contribution in [0, 0.1) is 0 Å². The zero-order valence-corrected chi connectivity index (χ0v) is 10.3. The van der Waals surface area contributed by atoms with Gasteiger partial charge in [-0.25, -0.2) is 9.97 Å². The van der Waals surface area contributed by atoms with Gasteiger partial charge in [0.15, 0.2) is 5.82 Å². The standard InChI is InChI=1S/C12H12BrN3/c13-11-4-2-1-3-10(11)12-15-8-6-9(16-12)5-7-14/h1-4,6,8H,5,7,14H2. The topological polar surface area (TPSA) is 51.8 Å². The Morgan fingerprint density at radius 3 is 2.75 bits per heavy atom. The van der Waals surface area contributed by atoms with Crippen LogP contribution in [0.3, 0.4) is 0 Å². The maximum absolute atomic E-state index is 5.51. The minimum Gasteiger partial charge on any atom is -0.330 e. The van der Waals surface area contributed by atoms with E-state index in [-0.39, 0.29) is 0 Å². The van der Waals surface area contributed by atoms with Gasteiger partial charge in [-0.1, -0.05) is 34.1 Å². The molecule has 0 saturated heterocycles. The number of nitrogens with two attached hydrogens (primary N) is 1. The van der Waals surface area contributed by atoms with Gasteiger partial charge in [-0.3, -0.25) is 0 Å². The van der Waals surface area contributed by atoms with Gasteiger partial charge >= 0.3 is 0 Å². The van der Waals surface area contributed by atoms with E-state index in [4.69, 9.17) is 5.73 Å². The molecule has 0 spiro atoms. The van der Waals surface area contributed by atoms with Crippen molar-refractivity contribution in [2.24, 2.45) is 5.73 Å². The number of rotatable bonds is 3. The van der Waals surface area contributed by atoms with E-state index in [0.717, 1.165) is 28.0 Å². The lowest BCUT2D eigenvalue weighted by atomic mass is 10.2. The number of halogens is 1. The third-order valence-corrected chi connectivity index (χ3v) is 2.92. The van der Waals surface area contributed by atoms with Crippen molar-refractivity contribution in [2.75, 3.05) is 6.54 Å². The molecule has 2 rings (SSSR count). The molecule has 0 aliphatic heterocycles. The molecule has 0 bridgehead atoms. The second-order valence-corrected chi connectivity index (χ2v) is 4.24. The summed E-state index contributed by atoms with van der Waals surface area (Å²) >= 11 is 3.49. The molecule has 2 aromatic rings. The van der Waals surface area contributed by atoms with Crippen molar-refractivity contribution in [2.45, 2.75) is 6.42 Å². The molecule has 0 aliphatic rings. The predicted octanol–water partition coefficient (Wildman–Crippen LogP) is 2.41. The first-order valence-electron chi connectivity index (χ1n) is 5.08. The van der Waals surface area contributed by atoms with Crippen LogP contribution >= 0.6 is 15.9 Å². The lowest BCUT2D eigenvalue weighted by Crippen LogP contribution is -2.05. The number of hydrogen-bond acceptors (Lipinski definition) is 3. The van der Waals surface area contributed by atoms with Crippen molar-refractivity contribution in [3.63, 3.8) is 0 Å². The molecular weight excluding hydrogens is 266 g/mol. The summed E-state index contributed by atoms with van der Waals surface area (Å²) in [7, 11) is 0. The molecule has 0 atom stereocenters. The van der Waals surface area contributed by atoms with E-state index in [1.807, 2.05) is 30.3 Å². The number of aromatic nitrogens is 2. The summed E-state index contributed by atoms with van der Waals surface area (Å²) in [5.41, 5.74) is 7.49. The summed E-state index contributed by atoms with van der Waals surface area (Å²) < 4.78 is 1.000. The second-order valence-electron chi connectivity index (χ2n) is 3.39. The molecule has 16 heavy (non-hydrogen) atoms. The number of nitrogens with zero attached hydrogens (tertiary/aromatic N) is 2. The maximum Gasteiger partial charge on any atom is 0.160 e. The van der Waals surface area contributed by atoms with E-state index in [2.05, 4.69) is 25.9 Å². The largest absolute Gasteiger partial charge is 0.330 e. The van der Waals surface area contributed by atoms with Gasteiger partial charge in [0, 0.05) is 28.3 Å². The lowest BCUT2D eigenvalue weighted by molar-refractivity contribution is 0.913. The highest BCUT2D eigenvalue weighted by Gasteiger charge is 2.05. The Balaban J connectivity index is 2.40. The van der Waals surface area contributed by atoms with Crippen molar-refractivity contribution in [1.82, 2.24) is 9.97 Å². The first kappa shape index (κ1) is 11.2. The van der Waals surface area contributed by atoms with Gasteiger partial charge in [-0.05, 0) is 18.7 Å². The fraction of sp³-hybridized carbons (Fsp3) is 0.167. The van der Waals surface area contributed by atoms with Crippen molar-refractivity contribution >= 4 is 15.9 Å². The molecule has 1 heterocycles. The number of benzene rings is 1. The highest BCUT2D eigenvalue weighted by atomic mass is 79.9. The first-order valence-corrected chi connectivity index (χ1v) is 5.87. The summed E-state index contributed by atoms with van der Waals surface area (Å²) in [6.07, 6.45) is 2.55. The molecular formula is C12H12BrN3. The molecule has 0 saturated carbocycles.